The van der Waals surface area contributed by atoms with Crippen LogP contribution in [0.25, 0.3) is 0 Å². The molecule has 0 bridgehead atoms. The Morgan fingerprint density at radius 1 is 0.944 bits per heavy atom. The summed E-state index contributed by atoms with van der Waals surface area (Å²) in [5.41, 5.74) is 1.26. The Kier molecular flexibility index (Phi) is 8.21. The van der Waals surface area contributed by atoms with Crippen molar-refractivity contribution in [2.45, 2.75) is 13.0 Å². The van der Waals surface area contributed by atoms with Crippen molar-refractivity contribution in [3.63, 3.8) is 0 Å². The summed E-state index contributed by atoms with van der Waals surface area (Å²) in [5.74, 6) is 0.884. The van der Waals surface area contributed by atoms with Crippen molar-refractivity contribution in [3.8, 4) is 5.75 Å². The first-order valence-corrected chi connectivity index (χ1v) is 6.27. The molecule has 0 aliphatic heterocycles. The van der Waals surface area contributed by atoms with Crippen LogP contribution >= 0.6 is 0 Å². The van der Waals surface area contributed by atoms with Gasteiger partial charge in [0, 0.05) is 27.4 Å². The van der Waals surface area contributed by atoms with Crippen LogP contribution in [0.5, 0.6) is 5.75 Å². The van der Waals surface area contributed by atoms with E-state index in [0.717, 1.165) is 31.9 Å². The second-order valence-corrected chi connectivity index (χ2v) is 4.01. The van der Waals surface area contributed by atoms with Gasteiger partial charge in [0.2, 0.25) is 0 Å². The van der Waals surface area contributed by atoms with E-state index in [-0.39, 0.29) is 0 Å². The largest absolute Gasteiger partial charge is 0.491 e. The van der Waals surface area contributed by atoms with Crippen LogP contribution in [0.1, 0.15) is 12.0 Å². The number of rotatable bonds is 10. The van der Waals surface area contributed by atoms with Crippen LogP contribution in [0.3, 0.4) is 0 Å². The van der Waals surface area contributed by atoms with Gasteiger partial charge in [0.25, 0.3) is 0 Å². The van der Waals surface area contributed by atoms with E-state index in [1.807, 2.05) is 12.1 Å². The van der Waals surface area contributed by atoms with Crippen molar-refractivity contribution in [2.75, 3.05) is 40.6 Å². The monoisotopic (exact) mass is 253 g/mol. The van der Waals surface area contributed by atoms with E-state index in [1.54, 1.807) is 14.2 Å². The summed E-state index contributed by atoms with van der Waals surface area (Å²) in [4.78, 5) is 0. The Hall–Kier alpha value is -1.10. The molecular formula is C14H23NO3. The molecule has 0 spiro atoms. The molecule has 4 heteroatoms. The predicted octanol–water partition coefficient (Wildman–Crippen LogP) is 1.84. The summed E-state index contributed by atoms with van der Waals surface area (Å²) < 4.78 is 15.4. The fourth-order valence-corrected chi connectivity index (χ4v) is 1.52. The SMILES string of the molecule is COCCCNCc1ccc(OCCOC)cc1. The molecule has 102 valence electrons. The Morgan fingerprint density at radius 2 is 1.67 bits per heavy atom. The second kappa shape index (κ2) is 9.88. The third-order valence-electron chi connectivity index (χ3n) is 2.51. The molecule has 1 N–H and O–H groups in total. The summed E-state index contributed by atoms with van der Waals surface area (Å²) >= 11 is 0. The first-order chi connectivity index (χ1) is 8.86. The van der Waals surface area contributed by atoms with Gasteiger partial charge in [0.15, 0.2) is 0 Å². The molecule has 0 radical (unpaired) electrons. The fraction of sp³-hybridized carbons (Fsp3) is 0.571. The van der Waals surface area contributed by atoms with Crippen LogP contribution in [-0.4, -0.2) is 40.6 Å². The van der Waals surface area contributed by atoms with Gasteiger partial charge in [-0.25, -0.2) is 0 Å². The maximum Gasteiger partial charge on any atom is 0.119 e. The molecule has 4 nitrogen and oxygen atoms in total. The molecule has 0 fully saturated rings. The molecule has 0 unspecified atom stereocenters. The molecule has 1 rings (SSSR count). The van der Waals surface area contributed by atoms with Gasteiger partial charge in [-0.15, -0.1) is 0 Å². The van der Waals surface area contributed by atoms with Gasteiger partial charge in [-0.3, -0.25) is 0 Å². The van der Waals surface area contributed by atoms with E-state index in [2.05, 4.69) is 17.4 Å². The number of ether oxygens (including phenoxy) is 3. The van der Waals surface area contributed by atoms with E-state index >= 15 is 0 Å². The Balaban J connectivity index is 2.19. The molecule has 0 aliphatic carbocycles. The van der Waals surface area contributed by atoms with Gasteiger partial charge in [0.05, 0.1) is 6.61 Å². The Morgan fingerprint density at radius 3 is 2.33 bits per heavy atom. The zero-order valence-corrected chi connectivity index (χ0v) is 11.3. The summed E-state index contributed by atoms with van der Waals surface area (Å²) in [6.07, 6.45) is 1.04. The lowest BCUT2D eigenvalue weighted by molar-refractivity contribution is 0.146. The Bertz CT molecular complexity index is 300. The van der Waals surface area contributed by atoms with Gasteiger partial charge in [-0.2, -0.15) is 0 Å². The zero-order valence-electron chi connectivity index (χ0n) is 11.3. The minimum atomic E-state index is 0.588. The fourth-order valence-electron chi connectivity index (χ4n) is 1.52. The first-order valence-electron chi connectivity index (χ1n) is 6.27. The number of benzene rings is 1. The van der Waals surface area contributed by atoms with Crippen molar-refractivity contribution in [1.29, 1.82) is 0 Å². The standard InChI is InChI=1S/C14H23NO3/c1-16-9-3-8-15-12-13-4-6-14(7-5-13)18-11-10-17-2/h4-7,15H,3,8-12H2,1-2H3. The second-order valence-electron chi connectivity index (χ2n) is 4.01. The number of hydrogen-bond acceptors (Lipinski definition) is 4. The minimum Gasteiger partial charge on any atom is -0.491 e. The number of hydrogen-bond donors (Lipinski definition) is 1. The molecule has 0 saturated heterocycles. The number of nitrogens with one attached hydrogen (secondary N) is 1. The van der Waals surface area contributed by atoms with E-state index in [0.29, 0.717) is 13.2 Å². The average Bonchev–Trinajstić information content (AvgIpc) is 2.40. The van der Waals surface area contributed by atoms with E-state index < -0.39 is 0 Å². The molecule has 0 aromatic heterocycles. The molecular weight excluding hydrogens is 230 g/mol. The van der Waals surface area contributed by atoms with Crippen LogP contribution in [0.2, 0.25) is 0 Å². The van der Waals surface area contributed by atoms with Crippen LogP contribution in [0.15, 0.2) is 24.3 Å². The normalized spacial score (nSPS) is 10.6. The van der Waals surface area contributed by atoms with Crippen molar-refractivity contribution >= 4 is 0 Å². The molecule has 1 aromatic carbocycles. The predicted molar refractivity (Wildman–Crippen MR) is 72.0 cm³/mol. The van der Waals surface area contributed by atoms with Crippen molar-refractivity contribution < 1.29 is 14.2 Å². The molecule has 18 heavy (non-hydrogen) atoms. The van der Waals surface area contributed by atoms with Crippen molar-refractivity contribution in [1.82, 2.24) is 5.32 Å². The third-order valence-corrected chi connectivity index (χ3v) is 2.51. The molecule has 0 atom stereocenters. The van der Waals surface area contributed by atoms with E-state index in [4.69, 9.17) is 14.2 Å². The Labute approximate surface area is 109 Å². The molecule has 0 amide bonds. The highest BCUT2D eigenvalue weighted by atomic mass is 16.5. The first kappa shape index (κ1) is 15.0. The molecule has 0 saturated carbocycles. The van der Waals surface area contributed by atoms with Crippen LogP contribution in [-0.2, 0) is 16.0 Å². The minimum absolute atomic E-state index is 0.588. The highest BCUT2D eigenvalue weighted by molar-refractivity contribution is 5.27. The summed E-state index contributed by atoms with van der Waals surface area (Å²) in [6.45, 7) is 3.86. The van der Waals surface area contributed by atoms with Gasteiger partial charge in [-0.1, -0.05) is 12.1 Å². The van der Waals surface area contributed by atoms with E-state index in [9.17, 15) is 0 Å². The van der Waals surface area contributed by atoms with Gasteiger partial charge in [-0.05, 0) is 30.7 Å². The van der Waals surface area contributed by atoms with Crippen LogP contribution in [0.4, 0.5) is 0 Å². The topological polar surface area (TPSA) is 39.7 Å². The van der Waals surface area contributed by atoms with Gasteiger partial charge in [0.1, 0.15) is 12.4 Å². The van der Waals surface area contributed by atoms with Crippen molar-refractivity contribution in [2.24, 2.45) is 0 Å². The van der Waals surface area contributed by atoms with Gasteiger partial charge < -0.3 is 19.5 Å². The highest BCUT2D eigenvalue weighted by Crippen LogP contribution is 2.11. The summed E-state index contributed by atoms with van der Waals surface area (Å²) in [5, 5.41) is 3.37. The number of methoxy groups -OCH3 is 2. The zero-order chi connectivity index (χ0) is 13.1. The summed E-state index contributed by atoms with van der Waals surface area (Å²) in [6, 6.07) is 8.13. The average molecular weight is 253 g/mol. The van der Waals surface area contributed by atoms with Gasteiger partial charge >= 0.3 is 0 Å². The molecule has 0 aliphatic rings. The van der Waals surface area contributed by atoms with Crippen LogP contribution < -0.4 is 10.1 Å². The van der Waals surface area contributed by atoms with E-state index in [1.165, 1.54) is 5.56 Å². The maximum absolute atomic E-state index is 5.50. The lowest BCUT2D eigenvalue weighted by atomic mass is 10.2. The third kappa shape index (κ3) is 6.59. The molecule has 0 heterocycles. The van der Waals surface area contributed by atoms with Crippen molar-refractivity contribution in [3.05, 3.63) is 29.8 Å². The quantitative estimate of drug-likeness (QED) is 0.646. The smallest absolute Gasteiger partial charge is 0.119 e. The maximum atomic E-state index is 5.50. The lowest BCUT2D eigenvalue weighted by Gasteiger charge is -2.07. The summed E-state index contributed by atoms with van der Waals surface area (Å²) in [7, 11) is 3.39. The van der Waals surface area contributed by atoms with Crippen LogP contribution in [0, 0.1) is 0 Å². The highest BCUT2D eigenvalue weighted by Gasteiger charge is 1.95. The lowest BCUT2D eigenvalue weighted by Crippen LogP contribution is -2.16. The molecule has 1 aromatic rings.